The molecule has 4 heteroatoms. The minimum atomic E-state index is -0.627. The predicted molar refractivity (Wildman–Crippen MR) is 239 cm³/mol. The Kier molecular flexibility index (Phi) is 7.92. The maximum Gasteiger partial charge on any atom is 0.125 e. The van der Waals surface area contributed by atoms with E-state index < -0.39 is 5.41 Å². The minimum absolute atomic E-state index is 0.283. The summed E-state index contributed by atoms with van der Waals surface area (Å²) in [5.74, 6) is -0.568. The van der Waals surface area contributed by atoms with Gasteiger partial charge in [0.15, 0.2) is 0 Å². The fourth-order valence-corrected chi connectivity index (χ4v) is 9.65. The Labute approximate surface area is 342 Å². The van der Waals surface area contributed by atoms with Gasteiger partial charge in [0.25, 0.3) is 0 Å². The van der Waals surface area contributed by atoms with E-state index in [2.05, 4.69) is 169 Å². The Morgan fingerprint density at radius 2 is 0.780 bits per heavy atom. The molecule has 0 aliphatic heterocycles. The molecule has 2 aliphatic rings. The van der Waals surface area contributed by atoms with Gasteiger partial charge in [-0.3, -0.25) is 0 Å². The van der Waals surface area contributed by atoms with Crippen molar-refractivity contribution in [2.45, 2.75) is 19.3 Å². The molecule has 0 N–H and O–H groups in total. The van der Waals surface area contributed by atoms with Gasteiger partial charge in [0.2, 0.25) is 0 Å². The summed E-state index contributed by atoms with van der Waals surface area (Å²) in [4.78, 5) is 4.28. The van der Waals surface area contributed by atoms with Gasteiger partial charge in [-0.15, -0.1) is 0 Å². The fourth-order valence-electron chi connectivity index (χ4n) is 9.65. The monoisotopic (exact) mass is 764 g/mol. The maximum absolute atomic E-state index is 15.0. The van der Waals surface area contributed by atoms with E-state index in [1.807, 2.05) is 12.1 Å². The Hall–Kier alpha value is -7.30. The Bertz CT molecular complexity index is 3070. The van der Waals surface area contributed by atoms with Crippen molar-refractivity contribution in [3.63, 3.8) is 0 Å². The smallest absolute Gasteiger partial charge is 0.125 e. The number of aryl methyl sites for hydroxylation is 2. The van der Waals surface area contributed by atoms with Crippen LogP contribution in [0.15, 0.2) is 194 Å². The molecule has 9 aromatic carbocycles. The summed E-state index contributed by atoms with van der Waals surface area (Å²) in [6.07, 6.45) is 0. The third-order valence-electron chi connectivity index (χ3n) is 12.2. The van der Waals surface area contributed by atoms with Crippen molar-refractivity contribution >= 4 is 44.9 Å². The lowest BCUT2D eigenvalue weighted by Crippen LogP contribution is -2.26. The zero-order valence-electron chi connectivity index (χ0n) is 32.6. The van der Waals surface area contributed by atoms with E-state index in [-0.39, 0.29) is 11.6 Å². The van der Waals surface area contributed by atoms with Crippen molar-refractivity contribution in [2.24, 2.45) is 0 Å². The number of hydrogen-bond acceptors (Lipinski definition) is 2. The third kappa shape index (κ3) is 5.44. The number of halogens is 2. The third-order valence-corrected chi connectivity index (χ3v) is 12.2. The second kappa shape index (κ2) is 13.4. The lowest BCUT2D eigenvalue weighted by Gasteiger charge is -2.32. The number of fused-ring (bicyclic) bond motifs is 11. The molecule has 0 saturated carbocycles. The van der Waals surface area contributed by atoms with Gasteiger partial charge in [-0.25, -0.2) is 8.78 Å². The van der Waals surface area contributed by atoms with Crippen molar-refractivity contribution < 1.29 is 8.78 Å². The molecule has 0 amide bonds. The number of anilines is 6. The van der Waals surface area contributed by atoms with Crippen LogP contribution in [0.2, 0.25) is 0 Å². The first kappa shape index (κ1) is 34.9. The predicted octanol–water partition coefficient (Wildman–Crippen LogP) is 15.0. The average molecular weight is 765 g/mol. The van der Waals surface area contributed by atoms with Gasteiger partial charge in [-0.1, -0.05) is 108 Å². The van der Waals surface area contributed by atoms with Crippen LogP contribution in [0.4, 0.5) is 42.9 Å². The molecule has 0 bridgehead atoms. The number of benzene rings is 9. The van der Waals surface area contributed by atoms with Gasteiger partial charge in [-0.2, -0.15) is 0 Å². The second-order valence-electron chi connectivity index (χ2n) is 15.8. The van der Waals surface area contributed by atoms with E-state index in [1.165, 1.54) is 56.6 Å². The standard InChI is InChI=1S/C55H38F2N2/c1-35-17-22-41(23-18-35)58(43-11-7-9-39(56)32-43)45-26-21-37-30-50-49-28-27-46(59(42-24-19-36(2)20-25-42)44-12-8-10-40(57)33-44)34-54(49)55(53(50)31-38(37)29-45)51-15-5-3-13-47(51)48-14-4-6-16-52(48)55/h3-34H,1-2H3. The van der Waals surface area contributed by atoms with E-state index in [9.17, 15) is 8.78 Å². The minimum Gasteiger partial charge on any atom is -0.310 e. The Balaban J connectivity index is 1.17. The highest BCUT2D eigenvalue weighted by atomic mass is 19.1. The number of nitrogens with zero attached hydrogens (tertiary/aromatic N) is 2. The zero-order chi connectivity index (χ0) is 39.8. The van der Waals surface area contributed by atoms with Crippen molar-refractivity contribution in [1.29, 1.82) is 0 Å². The summed E-state index contributed by atoms with van der Waals surface area (Å²) in [5.41, 5.74) is 16.7. The summed E-state index contributed by atoms with van der Waals surface area (Å²) in [6.45, 7) is 4.15. The molecular formula is C55H38F2N2. The van der Waals surface area contributed by atoms with Crippen molar-refractivity contribution in [3.8, 4) is 22.3 Å². The maximum atomic E-state index is 15.0. The van der Waals surface area contributed by atoms with Gasteiger partial charge < -0.3 is 9.80 Å². The van der Waals surface area contributed by atoms with Gasteiger partial charge in [0, 0.05) is 34.1 Å². The molecule has 0 unspecified atom stereocenters. The summed E-state index contributed by atoms with van der Waals surface area (Å²) in [7, 11) is 0. The number of hydrogen-bond donors (Lipinski definition) is 0. The van der Waals surface area contributed by atoms with Gasteiger partial charge in [0.1, 0.15) is 11.6 Å². The topological polar surface area (TPSA) is 6.48 Å². The van der Waals surface area contributed by atoms with Crippen LogP contribution in [0.5, 0.6) is 0 Å². The molecule has 11 rings (SSSR count). The first-order chi connectivity index (χ1) is 28.9. The normalized spacial score (nSPS) is 12.9. The molecule has 0 heterocycles. The SMILES string of the molecule is Cc1ccc(N(c2cccc(F)c2)c2ccc3c(c2)C2(c4ccccc4-c4ccccc42)c2cc4cc(N(c5ccc(C)cc5)c5cccc(F)c5)ccc4cc2-3)cc1. The largest absolute Gasteiger partial charge is 0.310 e. The molecule has 1 spiro atoms. The summed E-state index contributed by atoms with van der Waals surface area (Å²) >= 11 is 0. The van der Waals surface area contributed by atoms with Crippen LogP contribution >= 0.6 is 0 Å². The van der Waals surface area contributed by atoms with E-state index in [0.29, 0.717) is 0 Å². The molecule has 59 heavy (non-hydrogen) atoms. The van der Waals surface area contributed by atoms with Crippen LogP contribution in [-0.4, -0.2) is 0 Å². The van der Waals surface area contributed by atoms with Crippen molar-refractivity contribution in [2.75, 3.05) is 9.80 Å². The molecule has 0 atom stereocenters. The van der Waals surface area contributed by atoms with E-state index >= 15 is 0 Å². The van der Waals surface area contributed by atoms with Gasteiger partial charge in [0.05, 0.1) is 5.41 Å². The summed E-state index contributed by atoms with van der Waals surface area (Å²) in [5, 5.41) is 2.20. The molecule has 2 aliphatic carbocycles. The quantitative estimate of drug-likeness (QED) is 0.166. The van der Waals surface area contributed by atoms with Crippen LogP contribution in [0, 0.1) is 25.5 Å². The summed E-state index contributed by atoms with van der Waals surface area (Å²) < 4.78 is 29.8. The highest BCUT2D eigenvalue weighted by Gasteiger charge is 2.52. The Morgan fingerprint density at radius 1 is 0.322 bits per heavy atom. The first-order valence-corrected chi connectivity index (χ1v) is 20.0. The van der Waals surface area contributed by atoms with Crippen LogP contribution in [0.1, 0.15) is 33.4 Å². The highest BCUT2D eigenvalue weighted by Crippen LogP contribution is 2.64. The molecular weight excluding hydrogens is 727 g/mol. The fraction of sp³-hybridized carbons (Fsp3) is 0.0545. The Morgan fingerprint density at radius 3 is 1.34 bits per heavy atom. The van der Waals surface area contributed by atoms with E-state index in [0.717, 1.165) is 56.0 Å². The molecule has 2 nitrogen and oxygen atoms in total. The molecule has 0 fully saturated rings. The molecule has 282 valence electrons. The highest BCUT2D eigenvalue weighted by molar-refractivity contribution is 6.02. The van der Waals surface area contributed by atoms with Crippen LogP contribution in [0.3, 0.4) is 0 Å². The molecule has 0 saturated heterocycles. The molecule has 0 aromatic heterocycles. The number of rotatable bonds is 6. The van der Waals surface area contributed by atoms with Crippen molar-refractivity contribution in [3.05, 3.63) is 239 Å². The van der Waals surface area contributed by atoms with Crippen LogP contribution in [0.25, 0.3) is 33.0 Å². The molecule has 9 aromatic rings. The lowest BCUT2D eigenvalue weighted by molar-refractivity contribution is 0.627. The van der Waals surface area contributed by atoms with Gasteiger partial charge in [-0.05, 0) is 166 Å². The van der Waals surface area contributed by atoms with E-state index in [1.54, 1.807) is 24.3 Å². The molecule has 0 radical (unpaired) electrons. The summed E-state index contributed by atoms with van der Waals surface area (Å²) in [6, 6.07) is 66.0. The average Bonchev–Trinajstić information content (AvgIpc) is 3.71. The lowest BCUT2D eigenvalue weighted by atomic mass is 9.70. The van der Waals surface area contributed by atoms with Crippen LogP contribution < -0.4 is 9.80 Å². The van der Waals surface area contributed by atoms with Crippen LogP contribution in [-0.2, 0) is 5.41 Å². The van der Waals surface area contributed by atoms with Crippen molar-refractivity contribution in [1.82, 2.24) is 0 Å². The second-order valence-corrected chi connectivity index (χ2v) is 15.8. The first-order valence-electron chi connectivity index (χ1n) is 20.0. The zero-order valence-corrected chi connectivity index (χ0v) is 32.6. The van der Waals surface area contributed by atoms with E-state index in [4.69, 9.17) is 0 Å². The van der Waals surface area contributed by atoms with Gasteiger partial charge >= 0.3 is 0 Å².